The highest BCUT2D eigenvalue weighted by atomic mass is 35.5. The first-order valence-corrected chi connectivity index (χ1v) is 14.0. The molecule has 1 N–H and O–H groups in total. The Hall–Kier alpha value is -3.14. The number of halogens is 3. The molecular formula is C27H28Cl2FN3O4S. The van der Waals surface area contributed by atoms with Crippen LogP contribution >= 0.6 is 23.2 Å². The second-order valence-electron chi connectivity index (χ2n) is 8.58. The maximum Gasteiger partial charge on any atom is 0.264 e. The SMILES string of the molecule is CC[C@H](C(=O)NC)N(Cc1ccc(F)cc1)C(=O)CN(c1cccc(Cl)c1Cl)S(=O)(=O)c1ccc(C)cc1. The van der Waals surface area contributed by atoms with Crippen molar-refractivity contribution in [3.63, 3.8) is 0 Å². The maximum absolute atomic E-state index is 13.8. The van der Waals surface area contributed by atoms with Crippen molar-refractivity contribution in [1.29, 1.82) is 0 Å². The van der Waals surface area contributed by atoms with Crippen molar-refractivity contribution < 1.29 is 22.4 Å². The zero-order valence-corrected chi connectivity index (χ0v) is 23.4. The van der Waals surface area contributed by atoms with E-state index in [-0.39, 0.29) is 33.6 Å². The van der Waals surface area contributed by atoms with Crippen LogP contribution in [0.1, 0.15) is 24.5 Å². The van der Waals surface area contributed by atoms with Gasteiger partial charge in [0.1, 0.15) is 18.4 Å². The van der Waals surface area contributed by atoms with E-state index in [4.69, 9.17) is 23.2 Å². The molecule has 7 nitrogen and oxygen atoms in total. The van der Waals surface area contributed by atoms with Gasteiger partial charge in [0.25, 0.3) is 10.0 Å². The summed E-state index contributed by atoms with van der Waals surface area (Å²) in [6.45, 7) is 2.85. The van der Waals surface area contributed by atoms with E-state index in [9.17, 15) is 22.4 Å². The predicted molar refractivity (Wildman–Crippen MR) is 147 cm³/mol. The van der Waals surface area contributed by atoms with Gasteiger partial charge < -0.3 is 10.2 Å². The summed E-state index contributed by atoms with van der Waals surface area (Å²) in [7, 11) is -2.83. The number of rotatable bonds is 10. The first-order valence-electron chi connectivity index (χ1n) is 11.8. The molecule has 0 aliphatic heterocycles. The fraction of sp³-hybridized carbons (Fsp3) is 0.259. The van der Waals surface area contributed by atoms with Crippen LogP contribution in [0.5, 0.6) is 0 Å². The third kappa shape index (κ3) is 6.64. The van der Waals surface area contributed by atoms with E-state index in [0.717, 1.165) is 9.87 Å². The van der Waals surface area contributed by atoms with Gasteiger partial charge in [0.05, 0.1) is 20.6 Å². The summed E-state index contributed by atoms with van der Waals surface area (Å²) in [5, 5.41) is 2.62. The lowest BCUT2D eigenvalue weighted by Crippen LogP contribution is -2.51. The molecular weight excluding hydrogens is 552 g/mol. The van der Waals surface area contributed by atoms with Gasteiger partial charge in [-0.1, -0.05) is 66.0 Å². The van der Waals surface area contributed by atoms with Crippen LogP contribution < -0.4 is 9.62 Å². The minimum Gasteiger partial charge on any atom is -0.357 e. The second kappa shape index (κ2) is 12.6. The Morgan fingerprint density at radius 3 is 2.21 bits per heavy atom. The molecule has 0 aliphatic rings. The molecule has 0 spiro atoms. The predicted octanol–water partition coefficient (Wildman–Crippen LogP) is 5.19. The van der Waals surface area contributed by atoms with E-state index in [1.807, 2.05) is 6.92 Å². The summed E-state index contributed by atoms with van der Waals surface area (Å²) in [5.41, 5.74) is 1.44. The van der Waals surface area contributed by atoms with Gasteiger partial charge in [0, 0.05) is 13.6 Å². The number of aryl methyl sites for hydroxylation is 1. The minimum atomic E-state index is -4.28. The summed E-state index contributed by atoms with van der Waals surface area (Å²) >= 11 is 12.6. The molecule has 0 unspecified atom stereocenters. The Balaban J connectivity index is 2.10. The molecule has 0 heterocycles. The molecule has 38 heavy (non-hydrogen) atoms. The normalized spacial score (nSPS) is 12.1. The fourth-order valence-corrected chi connectivity index (χ4v) is 5.78. The maximum atomic E-state index is 13.8. The van der Waals surface area contributed by atoms with Crippen molar-refractivity contribution in [3.05, 3.63) is 93.7 Å². The Bertz CT molecular complexity index is 1400. The Morgan fingerprint density at radius 2 is 1.63 bits per heavy atom. The monoisotopic (exact) mass is 579 g/mol. The van der Waals surface area contributed by atoms with Crippen molar-refractivity contribution in [2.24, 2.45) is 0 Å². The third-order valence-electron chi connectivity index (χ3n) is 5.99. The van der Waals surface area contributed by atoms with Crippen LogP contribution in [0.25, 0.3) is 0 Å². The Kier molecular flexibility index (Phi) is 9.76. The van der Waals surface area contributed by atoms with Crippen molar-refractivity contribution in [2.75, 3.05) is 17.9 Å². The highest BCUT2D eigenvalue weighted by Crippen LogP contribution is 2.35. The molecule has 3 rings (SSSR count). The second-order valence-corrected chi connectivity index (χ2v) is 11.2. The lowest BCUT2D eigenvalue weighted by Gasteiger charge is -2.33. The number of sulfonamides is 1. The number of nitrogens with one attached hydrogen (secondary N) is 1. The standard InChI is InChI=1S/C27H28Cl2FN3O4S/c1-4-23(27(35)31-3)32(16-19-10-12-20(30)13-11-19)25(34)17-33(24-7-5-6-22(28)26(24)29)38(36,37)21-14-8-18(2)9-15-21/h5-15,23H,4,16-17H2,1-3H3,(H,31,35)/t23-/m1/s1. The van der Waals surface area contributed by atoms with Gasteiger partial charge in [0.2, 0.25) is 11.8 Å². The lowest BCUT2D eigenvalue weighted by molar-refractivity contribution is -0.140. The smallest absolute Gasteiger partial charge is 0.264 e. The molecule has 0 aliphatic carbocycles. The van der Waals surface area contributed by atoms with Crippen LogP contribution in [-0.4, -0.2) is 44.8 Å². The number of amides is 2. The van der Waals surface area contributed by atoms with Crippen molar-refractivity contribution in [1.82, 2.24) is 10.2 Å². The molecule has 0 fully saturated rings. The summed E-state index contributed by atoms with van der Waals surface area (Å²) < 4.78 is 42.0. The number of benzene rings is 3. The molecule has 0 saturated carbocycles. The summed E-state index contributed by atoms with van der Waals surface area (Å²) in [4.78, 5) is 27.8. The number of nitrogens with zero attached hydrogens (tertiary/aromatic N) is 2. The molecule has 0 bridgehead atoms. The van der Waals surface area contributed by atoms with Gasteiger partial charge >= 0.3 is 0 Å². The van der Waals surface area contributed by atoms with E-state index in [1.54, 1.807) is 19.1 Å². The summed E-state index contributed by atoms with van der Waals surface area (Å²) in [5.74, 6) is -1.52. The van der Waals surface area contributed by atoms with Crippen LogP contribution in [-0.2, 0) is 26.2 Å². The Morgan fingerprint density at radius 1 is 1.00 bits per heavy atom. The fourth-order valence-electron chi connectivity index (χ4n) is 3.91. The van der Waals surface area contributed by atoms with Gasteiger partial charge in [-0.05, 0) is 55.3 Å². The van der Waals surface area contributed by atoms with E-state index in [2.05, 4.69) is 5.32 Å². The first kappa shape index (κ1) is 29.4. The van der Waals surface area contributed by atoms with E-state index >= 15 is 0 Å². The van der Waals surface area contributed by atoms with Crippen molar-refractivity contribution >= 4 is 50.7 Å². The topological polar surface area (TPSA) is 86.8 Å². The van der Waals surface area contributed by atoms with Crippen molar-refractivity contribution in [3.8, 4) is 0 Å². The molecule has 202 valence electrons. The van der Waals surface area contributed by atoms with E-state index in [1.165, 1.54) is 66.5 Å². The molecule has 0 radical (unpaired) electrons. The van der Waals surface area contributed by atoms with Gasteiger partial charge in [0.15, 0.2) is 0 Å². The van der Waals surface area contributed by atoms with E-state index in [0.29, 0.717) is 5.56 Å². The van der Waals surface area contributed by atoms with Crippen LogP contribution in [0.2, 0.25) is 10.0 Å². The molecule has 3 aromatic rings. The molecule has 2 amide bonds. The third-order valence-corrected chi connectivity index (χ3v) is 8.57. The number of hydrogen-bond acceptors (Lipinski definition) is 4. The highest BCUT2D eigenvalue weighted by Gasteiger charge is 2.34. The van der Waals surface area contributed by atoms with Crippen LogP contribution in [0.15, 0.2) is 71.6 Å². The molecule has 3 aromatic carbocycles. The highest BCUT2D eigenvalue weighted by molar-refractivity contribution is 7.92. The van der Waals surface area contributed by atoms with Crippen LogP contribution in [0, 0.1) is 12.7 Å². The van der Waals surface area contributed by atoms with Gasteiger partial charge in [-0.15, -0.1) is 0 Å². The largest absolute Gasteiger partial charge is 0.357 e. The number of likely N-dealkylation sites (N-methyl/N-ethyl adjacent to an activating group) is 1. The molecule has 0 aromatic heterocycles. The zero-order chi connectivity index (χ0) is 28.0. The van der Waals surface area contributed by atoms with Crippen LogP contribution in [0.4, 0.5) is 10.1 Å². The van der Waals surface area contributed by atoms with Gasteiger partial charge in [-0.3, -0.25) is 13.9 Å². The average Bonchev–Trinajstić information content (AvgIpc) is 2.90. The van der Waals surface area contributed by atoms with E-state index < -0.39 is 40.2 Å². The lowest BCUT2D eigenvalue weighted by atomic mass is 10.1. The van der Waals surface area contributed by atoms with Gasteiger partial charge in [-0.25, -0.2) is 12.8 Å². The number of carbonyl (C=O) groups excluding carboxylic acids is 2. The average molecular weight is 581 g/mol. The quantitative estimate of drug-likeness (QED) is 0.358. The molecule has 1 atom stereocenters. The zero-order valence-electron chi connectivity index (χ0n) is 21.1. The van der Waals surface area contributed by atoms with Crippen molar-refractivity contribution in [2.45, 2.75) is 37.8 Å². The Labute approximate surface area is 232 Å². The van der Waals surface area contributed by atoms with Gasteiger partial charge in [-0.2, -0.15) is 0 Å². The summed E-state index contributed by atoms with van der Waals surface area (Å²) in [6, 6.07) is 15.3. The number of hydrogen-bond donors (Lipinski definition) is 1. The first-order chi connectivity index (χ1) is 18.0. The summed E-state index contributed by atoms with van der Waals surface area (Å²) in [6.07, 6.45) is 0.259. The minimum absolute atomic E-state index is 0.0165. The van der Waals surface area contributed by atoms with Crippen LogP contribution in [0.3, 0.4) is 0 Å². The molecule has 11 heteroatoms. The number of carbonyl (C=O) groups is 2. The molecule has 0 saturated heterocycles. The number of anilines is 1.